The SMILES string of the molecule is CN(C(N)=S)N(C)C1CCCCC1. The highest BCUT2D eigenvalue weighted by Crippen LogP contribution is 2.21. The molecule has 0 saturated heterocycles. The zero-order valence-electron chi connectivity index (χ0n) is 8.49. The second-order valence-electron chi connectivity index (χ2n) is 3.73. The highest BCUT2D eigenvalue weighted by molar-refractivity contribution is 7.80. The molecule has 1 aliphatic carbocycles. The molecule has 1 rings (SSSR count). The summed E-state index contributed by atoms with van der Waals surface area (Å²) < 4.78 is 0. The Hall–Kier alpha value is -0.350. The van der Waals surface area contributed by atoms with E-state index < -0.39 is 0 Å². The van der Waals surface area contributed by atoms with Crippen LogP contribution in [0.3, 0.4) is 0 Å². The molecule has 13 heavy (non-hydrogen) atoms. The number of rotatable bonds is 2. The van der Waals surface area contributed by atoms with Crippen LogP contribution in [-0.2, 0) is 0 Å². The van der Waals surface area contributed by atoms with Crippen molar-refractivity contribution in [3.63, 3.8) is 0 Å². The van der Waals surface area contributed by atoms with E-state index in [1.165, 1.54) is 32.1 Å². The fraction of sp³-hybridized carbons (Fsp3) is 0.889. The molecule has 0 spiro atoms. The van der Waals surface area contributed by atoms with Gasteiger partial charge < -0.3 is 5.73 Å². The monoisotopic (exact) mass is 201 g/mol. The van der Waals surface area contributed by atoms with Gasteiger partial charge in [-0.25, -0.2) is 5.01 Å². The fourth-order valence-corrected chi connectivity index (χ4v) is 1.98. The molecule has 1 aliphatic rings. The van der Waals surface area contributed by atoms with E-state index in [1.807, 2.05) is 12.1 Å². The quantitative estimate of drug-likeness (QED) is 0.540. The number of hydrogen-bond acceptors (Lipinski definition) is 2. The molecule has 0 aliphatic heterocycles. The van der Waals surface area contributed by atoms with Gasteiger partial charge >= 0.3 is 0 Å². The Morgan fingerprint density at radius 1 is 1.23 bits per heavy atom. The Morgan fingerprint density at radius 2 is 1.77 bits per heavy atom. The van der Waals surface area contributed by atoms with E-state index in [4.69, 9.17) is 18.0 Å². The van der Waals surface area contributed by atoms with Crippen molar-refractivity contribution in [2.75, 3.05) is 14.1 Å². The van der Waals surface area contributed by atoms with Gasteiger partial charge in [-0.3, -0.25) is 5.01 Å². The predicted octanol–water partition coefficient (Wildman–Crippen LogP) is 1.34. The molecule has 0 radical (unpaired) electrons. The van der Waals surface area contributed by atoms with E-state index in [0.717, 1.165) is 0 Å². The summed E-state index contributed by atoms with van der Waals surface area (Å²) in [6.07, 6.45) is 6.58. The largest absolute Gasteiger partial charge is 0.375 e. The molecule has 0 aromatic rings. The highest BCUT2D eigenvalue weighted by Gasteiger charge is 2.21. The van der Waals surface area contributed by atoms with Crippen LogP contribution >= 0.6 is 12.2 Å². The third kappa shape index (κ3) is 2.81. The van der Waals surface area contributed by atoms with Gasteiger partial charge in [0.25, 0.3) is 0 Å². The molecule has 76 valence electrons. The minimum atomic E-state index is 0.452. The summed E-state index contributed by atoms with van der Waals surface area (Å²) in [5.74, 6) is 0. The summed E-state index contributed by atoms with van der Waals surface area (Å²) in [7, 11) is 3.99. The van der Waals surface area contributed by atoms with Crippen LogP contribution < -0.4 is 5.73 Å². The molecule has 0 bridgehead atoms. The maximum absolute atomic E-state index is 5.56. The summed E-state index contributed by atoms with van der Waals surface area (Å²) in [6, 6.07) is 0.625. The number of nitrogens with two attached hydrogens (primary N) is 1. The van der Waals surface area contributed by atoms with E-state index in [-0.39, 0.29) is 0 Å². The van der Waals surface area contributed by atoms with Crippen molar-refractivity contribution in [2.24, 2.45) is 5.73 Å². The van der Waals surface area contributed by atoms with Crippen molar-refractivity contribution in [3.8, 4) is 0 Å². The molecule has 4 heteroatoms. The Morgan fingerprint density at radius 3 is 2.23 bits per heavy atom. The molecule has 1 saturated carbocycles. The number of thiocarbonyl (C=S) groups is 1. The normalized spacial score (nSPS) is 19.0. The minimum Gasteiger partial charge on any atom is -0.375 e. The molecule has 3 nitrogen and oxygen atoms in total. The first kappa shape index (κ1) is 10.7. The smallest absolute Gasteiger partial charge is 0.180 e. The van der Waals surface area contributed by atoms with Gasteiger partial charge in [0.1, 0.15) is 0 Å². The van der Waals surface area contributed by atoms with Gasteiger partial charge in [0.15, 0.2) is 5.11 Å². The first-order valence-electron chi connectivity index (χ1n) is 4.89. The highest BCUT2D eigenvalue weighted by atomic mass is 32.1. The minimum absolute atomic E-state index is 0.452. The van der Waals surface area contributed by atoms with Gasteiger partial charge in [-0.15, -0.1) is 0 Å². The average Bonchev–Trinajstić information content (AvgIpc) is 2.17. The maximum Gasteiger partial charge on any atom is 0.180 e. The van der Waals surface area contributed by atoms with E-state index in [0.29, 0.717) is 11.2 Å². The van der Waals surface area contributed by atoms with Crippen molar-refractivity contribution in [2.45, 2.75) is 38.1 Å². The molecule has 0 heterocycles. The molecule has 0 amide bonds. The molecular weight excluding hydrogens is 182 g/mol. The lowest BCUT2D eigenvalue weighted by Crippen LogP contribution is -2.49. The fourth-order valence-electron chi connectivity index (χ4n) is 1.86. The number of hydrazine groups is 1. The lowest BCUT2D eigenvalue weighted by atomic mass is 9.95. The zero-order chi connectivity index (χ0) is 9.84. The molecule has 2 N–H and O–H groups in total. The summed E-state index contributed by atoms with van der Waals surface area (Å²) in [5.41, 5.74) is 5.56. The van der Waals surface area contributed by atoms with Crippen molar-refractivity contribution in [3.05, 3.63) is 0 Å². The third-order valence-electron chi connectivity index (χ3n) is 2.90. The van der Waals surface area contributed by atoms with Crippen LogP contribution in [0.25, 0.3) is 0 Å². The molecular formula is C9H19N3S. The summed E-state index contributed by atoms with van der Waals surface area (Å²) in [4.78, 5) is 0. The molecule has 0 aromatic carbocycles. The first-order valence-corrected chi connectivity index (χ1v) is 5.29. The Balaban J connectivity index is 2.44. The van der Waals surface area contributed by atoms with Crippen LogP contribution in [-0.4, -0.2) is 35.3 Å². The molecule has 0 unspecified atom stereocenters. The Bertz CT molecular complexity index is 178. The summed E-state index contributed by atoms with van der Waals surface area (Å²) in [6.45, 7) is 0. The van der Waals surface area contributed by atoms with Crippen LogP contribution in [0.15, 0.2) is 0 Å². The second-order valence-corrected chi connectivity index (χ2v) is 4.15. The van der Waals surface area contributed by atoms with E-state index in [9.17, 15) is 0 Å². The first-order chi connectivity index (χ1) is 6.13. The Labute approximate surface area is 85.8 Å². The third-order valence-corrected chi connectivity index (χ3v) is 3.16. The predicted molar refractivity (Wildman–Crippen MR) is 59.2 cm³/mol. The summed E-state index contributed by atoms with van der Waals surface area (Å²) >= 11 is 4.93. The van der Waals surface area contributed by atoms with Gasteiger partial charge in [0, 0.05) is 20.1 Å². The van der Waals surface area contributed by atoms with Crippen molar-refractivity contribution in [1.82, 2.24) is 10.0 Å². The van der Waals surface area contributed by atoms with Gasteiger partial charge in [-0.2, -0.15) is 0 Å². The molecule has 0 aromatic heterocycles. The van der Waals surface area contributed by atoms with E-state index in [1.54, 1.807) is 0 Å². The van der Waals surface area contributed by atoms with Crippen LogP contribution in [0.5, 0.6) is 0 Å². The van der Waals surface area contributed by atoms with Gasteiger partial charge in [-0.05, 0) is 25.1 Å². The topological polar surface area (TPSA) is 32.5 Å². The van der Waals surface area contributed by atoms with Crippen molar-refractivity contribution >= 4 is 17.3 Å². The molecule has 0 atom stereocenters. The van der Waals surface area contributed by atoms with E-state index >= 15 is 0 Å². The van der Waals surface area contributed by atoms with Crippen LogP contribution in [0.4, 0.5) is 0 Å². The van der Waals surface area contributed by atoms with Crippen LogP contribution in [0.2, 0.25) is 0 Å². The standard InChI is InChI=1S/C9H19N3S/c1-11(12(2)9(10)13)8-6-4-3-5-7-8/h8H,3-7H2,1-2H3,(H2,10,13). The molecule has 1 fully saturated rings. The van der Waals surface area contributed by atoms with Gasteiger partial charge in [0.05, 0.1) is 0 Å². The maximum atomic E-state index is 5.56. The van der Waals surface area contributed by atoms with Gasteiger partial charge in [0.2, 0.25) is 0 Å². The number of hydrogen-bond donors (Lipinski definition) is 1. The second kappa shape index (κ2) is 4.77. The van der Waals surface area contributed by atoms with E-state index in [2.05, 4.69) is 12.1 Å². The number of nitrogens with zero attached hydrogens (tertiary/aromatic N) is 2. The summed E-state index contributed by atoms with van der Waals surface area (Å²) in [5, 5.41) is 4.49. The van der Waals surface area contributed by atoms with Crippen molar-refractivity contribution in [1.29, 1.82) is 0 Å². The lowest BCUT2D eigenvalue weighted by molar-refractivity contribution is 0.0342. The van der Waals surface area contributed by atoms with Crippen LogP contribution in [0, 0.1) is 0 Å². The van der Waals surface area contributed by atoms with Crippen molar-refractivity contribution < 1.29 is 0 Å². The average molecular weight is 201 g/mol. The zero-order valence-corrected chi connectivity index (χ0v) is 9.31. The van der Waals surface area contributed by atoms with Crippen LogP contribution in [0.1, 0.15) is 32.1 Å². The Kier molecular flexibility index (Phi) is 3.93. The van der Waals surface area contributed by atoms with Gasteiger partial charge in [-0.1, -0.05) is 19.3 Å². The lowest BCUT2D eigenvalue weighted by Gasteiger charge is -2.37.